The summed E-state index contributed by atoms with van der Waals surface area (Å²) in [5, 5.41) is 10.1. The van der Waals surface area contributed by atoms with E-state index in [2.05, 4.69) is 43.6 Å². The van der Waals surface area contributed by atoms with E-state index in [4.69, 9.17) is 0 Å². The lowest BCUT2D eigenvalue weighted by Gasteiger charge is -2.25. The van der Waals surface area contributed by atoms with Gasteiger partial charge in [-0.2, -0.15) is 0 Å². The maximum Gasteiger partial charge on any atom is 0.123 e. The Morgan fingerprint density at radius 3 is 2.53 bits per heavy atom. The summed E-state index contributed by atoms with van der Waals surface area (Å²) in [6.07, 6.45) is 1.90. The summed E-state index contributed by atoms with van der Waals surface area (Å²) in [5.74, 6) is 0.204. The highest BCUT2D eigenvalue weighted by molar-refractivity contribution is 9.10. The molecule has 0 aromatic heterocycles. The minimum atomic E-state index is -0.421. The van der Waals surface area contributed by atoms with Crippen LogP contribution < -0.4 is 0 Å². The normalized spacial score (nSPS) is 15.3. The maximum atomic E-state index is 13.2. The number of aliphatic hydroxyl groups is 1. The first kappa shape index (κ1) is 16.6. The van der Waals surface area contributed by atoms with Crippen LogP contribution >= 0.6 is 15.9 Å². The Labute approximate surface area is 124 Å². The lowest BCUT2D eigenvalue weighted by Crippen LogP contribution is -2.19. The minimum Gasteiger partial charge on any atom is -0.393 e. The van der Waals surface area contributed by atoms with Crippen LogP contribution in [0.25, 0.3) is 0 Å². The van der Waals surface area contributed by atoms with E-state index in [0.29, 0.717) is 12.3 Å². The van der Waals surface area contributed by atoms with Gasteiger partial charge in [0.15, 0.2) is 0 Å². The molecule has 3 heteroatoms. The van der Waals surface area contributed by atoms with Gasteiger partial charge in [-0.3, -0.25) is 0 Å². The molecule has 0 radical (unpaired) electrons. The monoisotopic (exact) mass is 330 g/mol. The van der Waals surface area contributed by atoms with Crippen molar-refractivity contribution in [2.75, 3.05) is 0 Å². The van der Waals surface area contributed by atoms with Crippen molar-refractivity contribution in [3.05, 3.63) is 34.1 Å². The van der Waals surface area contributed by atoms with E-state index in [-0.39, 0.29) is 11.2 Å². The van der Waals surface area contributed by atoms with E-state index in [0.717, 1.165) is 22.9 Å². The van der Waals surface area contributed by atoms with Crippen LogP contribution in [0.1, 0.15) is 46.1 Å². The largest absolute Gasteiger partial charge is 0.393 e. The first-order valence-electron chi connectivity index (χ1n) is 6.79. The first-order valence-corrected chi connectivity index (χ1v) is 7.58. The molecule has 1 nitrogen and oxygen atoms in total. The Kier molecular flexibility index (Phi) is 6.00. The zero-order valence-electron chi connectivity index (χ0n) is 12.2. The molecular formula is C16H24BrFO. The molecule has 0 heterocycles. The molecule has 1 rings (SSSR count). The van der Waals surface area contributed by atoms with Crippen LogP contribution in [-0.4, -0.2) is 11.2 Å². The van der Waals surface area contributed by atoms with Crippen LogP contribution in [-0.2, 0) is 6.42 Å². The lowest BCUT2D eigenvalue weighted by atomic mass is 9.83. The molecule has 0 aliphatic heterocycles. The zero-order valence-corrected chi connectivity index (χ0v) is 13.8. The SMILES string of the molecule is CC(CC(O)Cc1cc(F)ccc1Br)CC(C)(C)C. The van der Waals surface area contributed by atoms with E-state index in [1.807, 2.05) is 0 Å². The standard InChI is InChI=1S/C16H24BrFO/c1-11(10-16(2,3)4)7-14(19)9-12-8-13(18)5-6-15(12)17/h5-6,8,11,14,19H,7,9-10H2,1-4H3. The molecule has 0 bridgehead atoms. The molecule has 19 heavy (non-hydrogen) atoms. The quantitative estimate of drug-likeness (QED) is 0.809. The van der Waals surface area contributed by atoms with E-state index in [1.165, 1.54) is 12.1 Å². The van der Waals surface area contributed by atoms with Crippen molar-refractivity contribution in [3.8, 4) is 0 Å². The molecule has 0 saturated heterocycles. The van der Waals surface area contributed by atoms with Crippen molar-refractivity contribution in [1.82, 2.24) is 0 Å². The Morgan fingerprint density at radius 1 is 1.32 bits per heavy atom. The Hall–Kier alpha value is -0.410. The molecule has 0 amide bonds. The zero-order chi connectivity index (χ0) is 14.6. The fraction of sp³-hybridized carbons (Fsp3) is 0.625. The average Bonchev–Trinajstić information content (AvgIpc) is 2.20. The van der Waals surface area contributed by atoms with Crippen molar-refractivity contribution in [2.24, 2.45) is 11.3 Å². The van der Waals surface area contributed by atoms with Gasteiger partial charge in [-0.05, 0) is 54.4 Å². The third-order valence-electron chi connectivity index (χ3n) is 3.10. The fourth-order valence-corrected chi connectivity index (χ4v) is 3.04. The molecule has 0 aliphatic carbocycles. The molecule has 1 N–H and O–H groups in total. The van der Waals surface area contributed by atoms with Gasteiger partial charge < -0.3 is 5.11 Å². The summed E-state index contributed by atoms with van der Waals surface area (Å²) in [5.41, 5.74) is 1.11. The number of halogens is 2. The van der Waals surface area contributed by atoms with E-state index < -0.39 is 6.10 Å². The summed E-state index contributed by atoms with van der Waals surface area (Å²) < 4.78 is 14.0. The molecule has 1 aromatic rings. The second kappa shape index (κ2) is 6.85. The minimum absolute atomic E-state index is 0.256. The summed E-state index contributed by atoms with van der Waals surface area (Å²) in [4.78, 5) is 0. The van der Waals surface area contributed by atoms with Crippen LogP contribution in [0.3, 0.4) is 0 Å². The van der Waals surface area contributed by atoms with E-state index in [1.54, 1.807) is 6.07 Å². The number of aliphatic hydroxyl groups excluding tert-OH is 1. The van der Waals surface area contributed by atoms with Crippen LogP contribution in [0.4, 0.5) is 4.39 Å². The molecular weight excluding hydrogens is 307 g/mol. The highest BCUT2D eigenvalue weighted by Crippen LogP contribution is 2.28. The van der Waals surface area contributed by atoms with Gasteiger partial charge in [-0.15, -0.1) is 0 Å². The summed E-state index contributed by atoms with van der Waals surface area (Å²) in [6.45, 7) is 8.78. The molecule has 0 saturated carbocycles. The van der Waals surface area contributed by atoms with Gasteiger partial charge in [0.25, 0.3) is 0 Å². The fourth-order valence-electron chi connectivity index (χ4n) is 2.63. The molecule has 0 spiro atoms. The van der Waals surface area contributed by atoms with E-state index >= 15 is 0 Å². The van der Waals surface area contributed by atoms with Gasteiger partial charge in [0.1, 0.15) is 5.82 Å². The van der Waals surface area contributed by atoms with Gasteiger partial charge in [-0.25, -0.2) is 4.39 Å². The number of benzene rings is 1. The van der Waals surface area contributed by atoms with Crippen LogP contribution in [0.2, 0.25) is 0 Å². The average molecular weight is 331 g/mol. The van der Waals surface area contributed by atoms with Crippen molar-refractivity contribution in [3.63, 3.8) is 0 Å². The molecule has 2 unspecified atom stereocenters. The topological polar surface area (TPSA) is 20.2 Å². The van der Waals surface area contributed by atoms with Gasteiger partial charge in [0.2, 0.25) is 0 Å². The van der Waals surface area contributed by atoms with Crippen molar-refractivity contribution in [2.45, 2.75) is 53.1 Å². The van der Waals surface area contributed by atoms with Gasteiger partial charge >= 0.3 is 0 Å². The molecule has 108 valence electrons. The third-order valence-corrected chi connectivity index (χ3v) is 3.87. The first-order chi connectivity index (χ1) is 8.67. The summed E-state index contributed by atoms with van der Waals surface area (Å²) in [6, 6.07) is 4.60. The van der Waals surface area contributed by atoms with Gasteiger partial charge in [-0.1, -0.05) is 43.6 Å². The second-order valence-corrected chi connectivity index (χ2v) is 7.55. The Morgan fingerprint density at radius 2 is 1.95 bits per heavy atom. The number of hydrogen-bond acceptors (Lipinski definition) is 1. The molecule has 0 aliphatic rings. The van der Waals surface area contributed by atoms with Gasteiger partial charge in [0.05, 0.1) is 6.10 Å². The smallest absolute Gasteiger partial charge is 0.123 e. The van der Waals surface area contributed by atoms with Crippen molar-refractivity contribution < 1.29 is 9.50 Å². The van der Waals surface area contributed by atoms with Crippen molar-refractivity contribution in [1.29, 1.82) is 0 Å². The molecule has 0 fully saturated rings. The number of rotatable bonds is 5. The predicted molar refractivity (Wildman–Crippen MR) is 81.7 cm³/mol. The Balaban J connectivity index is 2.55. The maximum absolute atomic E-state index is 13.2. The molecule has 2 atom stereocenters. The highest BCUT2D eigenvalue weighted by atomic mass is 79.9. The second-order valence-electron chi connectivity index (χ2n) is 6.70. The van der Waals surface area contributed by atoms with Crippen LogP contribution in [0.5, 0.6) is 0 Å². The number of hydrogen-bond donors (Lipinski definition) is 1. The highest BCUT2D eigenvalue weighted by Gasteiger charge is 2.18. The van der Waals surface area contributed by atoms with E-state index in [9.17, 15) is 9.50 Å². The summed E-state index contributed by atoms with van der Waals surface area (Å²) >= 11 is 3.40. The molecule has 1 aromatic carbocycles. The predicted octanol–water partition coefficient (Wildman–Crippen LogP) is 4.95. The van der Waals surface area contributed by atoms with Crippen molar-refractivity contribution >= 4 is 15.9 Å². The summed E-state index contributed by atoms with van der Waals surface area (Å²) in [7, 11) is 0. The van der Waals surface area contributed by atoms with Gasteiger partial charge in [0, 0.05) is 4.47 Å². The third kappa shape index (κ3) is 6.53. The van der Waals surface area contributed by atoms with Crippen LogP contribution in [0.15, 0.2) is 22.7 Å². The lowest BCUT2D eigenvalue weighted by molar-refractivity contribution is 0.132. The van der Waals surface area contributed by atoms with Crippen LogP contribution in [0, 0.1) is 17.2 Å². The Bertz CT molecular complexity index is 412.